The summed E-state index contributed by atoms with van der Waals surface area (Å²) in [5, 5.41) is 8.50. The quantitative estimate of drug-likeness (QED) is 0.130. The average Bonchev–Trinajstić information content (AvgIpc) is 3.04. The van der Waals surface area contributed by atoms with Crippen LogP contribution in [0, 0.1) is 6.92 Å². The highest BCUT2D eigenvalue weighted by Gasteiger charge is 2.18. The van der Waals surface area contributed by atoms with E-state index >= 15 is 0 Å². The van der Waals surface area contributed by atoms with Crippen LogP contribution in [0.3, 0.4) is 0 Å². The van der Waals surface area contributed by atoms with Crippen molar-refractivity contribution in [3.63, 3.8) is 0 Å². The maximum atomic E-state index is 13.6. The molecular weight excluding hydrogens is 578 g/mol. The summed E-state index contributed by atoms with van der Waals surface area (Å²) in [6.07, 6.45) is 1.52. The number of amides is 3. The van der Waals surface area contributed by atoms with Gasteiger partial charge in [0.05, 0.1) is 27.1 Å². The molecule has 4 aromatic carbocycles. The molecule has 3 N–H and O–H groups in total. The van der Waals surface area contributed by atoms with E-state index in [1.54, 1.807) is 60.7 Å². The molecule has 0 spiro atoms. The van der Waals surface area contributed by atoms with Gasteiger partial charge in [0, 0.05) is 21.8 Å². The van der Waals surface area contributed by atoms with Crippen LogP contribution in [0.2, 0.25) is 0 Å². The van der Waals surface area contributed by atoms with Gasteiger partial charge in [-0.25, -0.2) is 0 Å². The van der Waals surface area contributed by atoms with Crippen molar-refractivity contribution in [1.82, 2.24) is 5.32 Å². The normalized spacial score (nSPS) is 10.9. The van der Waals surface area contributed by atoms with Crippen LogP contribution in [0.1, 0.15) is 21.5 Å². The van der Waals surface area contributed by atoms with Gasteiger partial charge in [0.1, 0.15) is 5.70 Å². The van der Waals surface area contributed by atoms with Crippen LogP contribution in [-0.2, 0) is 9.59 Å². The lowest BCUT2D eigenvalue weighted by molar-refractivity contribution is -0.114. The number of benzene rings is 4. The monoisotopic (exact) mass is 611 g/mol. The number of nitrogens with one attached hydrogen (secondary N) is 3. The first-order valence-corrected chi connectivity index (χ1v) is 14.6. The van der Waals surface area contributed by atoms with Gasteiger partial charge in [0.15, 0.2) is 11.5 Å². The predicted octanol–water partition coefficient (Wildman–Crippen LogP) is 6.16. The summed E-state index contributed by atoms with van der Waals surface area (Å²) >= 11 is 1.34. The van der Waals surface area contributed by atoms with Crippen LogP contribution in [0.4, 0.5) is 11.4 Å². The van der Waals surface area contributed by atoms with Crippen molar-refractivity contribution in [3.05, 3.63) is 113 Å². The third kappa shape index (κ3) is 8.42. The number of hydrogen-bond donors (Lipinski definition) is 3. The Kier molecular flexibility index (Phi) is 11.0. The Morgan fingerprint density at radius 1 is 0.773 bits per heavy atom. The summed E-state index contributed by atoms with van der Waals surface area (Å²) in [4.78, 5) is 40.0. The highest BCUT2D eigenvalue weighted by Crippen LogP contribution is 2.38. The van der Waals surface area contributed by atoms with Gasteiger partial charge in [0.2, 0.25) is 11.7 Å². The Morgan fingerprint density at radius 3 is 2.11 bits per heavy atom. The zero-order chi connectivity index (χ0) is 31.5. The zero-order valence-corrected chi connectivity index (χ0v) is 25.6. The maximum Gasteiger partial charge on any atom is 0.272 e. The van der Waals surface area contributed by atoms with E-state index < -0.39 is 11.8 Å². The number of rotatable bonds is 12. The molecule has 44 heavy (non-hydrogen) atoms. The Hall–Kier alpha value is -5.22. The van der Waals surface area contributed by atoms with Gasteiger partial charge in [-0.2, -0.15) is 0 Å². The Morgan fingerprint density at radius 2 is 1.45 bits per heavy atom. The molecule has 0 bridgehead atoms. The number of carbonyl (C=O) groups excluding carboxylic acids is 3. The molecule has 0 saturated heterocycles. The van der Waals surface area contributed by atoms with E-state index in [0.29, 0.717) is 34.1 Å². The fraction of sp³-hybridized carbons (Fsp3) is 0.147. The topological polar surface area (TPSA) is 115 Å². The zero-order valence-electron chi connectivity index (χ0n) is 24.8. The number of carbonyl (C=O) groups is 3. The molecule has 4 rings (SSSR count). The van der Waals surface area contributed by atoms with Gasteiger partial charge in [0.25, 0.3) is 11.8 Å². The number of anilines is 2. The number of aryl methyl sites for hydroxylation is 1. The fourth-order valence-electron chi connectivity index (χ4n) is 4.20. The first kappa shape index (κ1) is 31.7. The second-order valence-corrected chi connectivity index (χ2v) is 10.5. The number of thioether (sulfide) groups is 1. The van der Waals surface area contributed by atoms with Gasteiger partial charge < -0.3 is 30.2 Å². The third-order valence-electron chi connectivity index (χ3n) is 6.41. The highest BCUT2D eigenvalue weighted by molar-refractivity contribution is 8.00. The molecule has 9 nitrogen and oxygen atoms in total. The standard InChI is InChI=1S/C34H33N3O6S/c1-22-11-8-9-16-27(22)36-31(38)21-44-26-15-10-14-25(20-26)35-34(40)28(37-33(39)24-12-6-5-7-13-24)17-23-18-29(41-2)32(43-4)30(19-23)42-3/h5-20H,21H2,1-4H3,(H,35,40)(H,36,38)(H,37,39)/b28-17+. The molecule has 3 amide bonds. The Balaban J connectivity index is 1.55. The van der Waals surface area contributed by atoms with E-state index in [4.69, 9.17) is 14.2 Å². The minimum atomic E-state index is -0.553. The van der Waals surface area contributed by atoms with Crippen molar-refractivity contribution in [2.75, 3.05) is 37.7 Å². The van der Waals surface area contributed by atoms with Crippen LogP contribution >= 0.6 is 11.8 Å². The molecule has 0 saturated carbocycles. The van der Waals surface area contributed by atoms with E-state index in [1.165, 1.54) is 39.2 Å². The van der Waals surface area contributed by atoms with E-state index in [1.807, 2.05) is 37.3 Å². The van der Waals surface area contributed by atoms with Crippen molar-refractivity contribution in [1.29, 1.82) is 0 Å². The van der Waals surface area contributed by atoms with E-state index in [0.717, 1.165) is 16.1 Å². The second kappa shape index (κ2) is 15.3. The molecule has 0 aliphatic heterocycles. The molecule has 0 aliphatic carbocycles. The summed E-state index contributed by atoms with van der Waals surface area (Å²) < 4.78 is 16.3. The minimum Gasteiger partial charge on any atom is -0.493 e. The first-order chi connectivity index (χ1) is 21.3. The lowest BCUT2D eigenvalue weighted by Crippen LogP contribution is -2.30. The first-order valence-electron chi connectivity index (χ1n) is 13.6. The molecule has 0 aromatic heterocycles. The number of ether oxygens (including phenoxy) is 3. The smallest absolute Gasteiger partial charge is 0.272 e. The van der Waals surface area contributed by atoms with Gasteiger partial charge >= 0.3 is 0 Å². The molecule has 10 heteroatoms. The average molecular weight is 612 g/mol. The van der Waals surface area contributed by atoms with Crippen LogP contribution in [0.5, 0.6) is 17.2 Å². The molecule has 0 atom stereocenters. The summed E-state index contributed by atoms with van der Waals surface area (Å²) in [7, 11) is 4.48. The van der Waals surface area contributed by atoms with Gasteiger partial charge in [-0.3, -0.25) is 14.4 Å². The fourth-order valence-corrected chi connectivity index (χ4v) is 4.96. The molecule has 0 unspecified atom stereocenters. The third-order valence-corrected chi connectivity index (χ3v) is 7.40. The minimum absolute atomic E-state index is 0.0104. The van der Waals surface area contributed by atoms with Crippen molar-refractivity contribution in [2.45, 2.75) is 11.8 Å². The highest BCUT2D eigenvalue weighted by atomic mass is 32.2. The molecule has 226 valence electrons. The van der Waals surface area contributed by atoms with Crippen LogP contribution in [0.25, 0.3) is 6.08 Å². The van der Waals surface area contributed by atoms with E-state index in [9.17, 15) is 14.4 Å². The lowest BCUT2D eigenvalue weighted by atomic mass is 10.1. The Labute approximate surface area is 260 Å². The maximum absolute atomic E-state index is 13.6. The second-order valence-electron chi connectivity index (χ2n) is 9.47. The molecule has 0 aliphatic rings. The lowest BCUT2D eigenvalue weighted by Gasteiger charge is -2.15. The van der Waals surface area contributed by atoms with Crippen LogP contribution in [0.15, 0.2) is 102 Å². The van der Waals surface area contributed by atoms with Gasteiger partial charge in [-0.1, -0.05) is 42.5 Å². The van der Waals surface area contributed by atoms with Gasteiger partial charge in [-0.15, -0.1) is 11.8 Å². The number of para-hydroxylation sites is 1. The predicted molar refractivity (Wildman–Crippen MR) is 174 cm³/mol. The van der Waals surface area contributed by atoms with Crippen molar-refractivity contribution < 1.29 is 28.6 Å². The SMILES string of the molecule is COc1cc(/C=C(/NC(=O)c2ccccc2)C(=O)Nc2cccc(SCC(=O)Nc3ccccc3C)c2)cc(OC)c1OC. The van der Waals surface area contributed by atoms with E-state index in [-0.39, 0.29) is 17.4 Å². The van der Waals surface area contributed by atoms with Gasteiger partial charge in [-0.05, 0) is 72.7 Å². The van der Waals surface area contributed by atoms with E-state index in [2.05, 4.69) is 16.0 Å². The van der Waals surface area contributed by atoms with Crippen molar-refractivity contribution >= 4 is 46.9 Å². The van der Waals surface area contributed by atoms with Crippen LogP contribution in [-0.4, -0.2) is 44.8 Å². The number of methoxy groups -OCH3 is 3. The largest absolute Gasteiger partial charge is 0.493 e. The summed E-state index contributed by atoms with van der Waals surface area (Å²) in [6, 6.07) is 26.6. The van der Waals surface area contributed by atoms with Crippen molar-refractivity contribution in [2.24, 2.45) is 0 Å². The van der Waals surface area contributed by atoms with Crippen LogP contribution < -0.4 is 30.2 Å². The van der Waals surface area contributed by atoms with Crippen molar-refractivity contribution in [3.8, 4) is 17.2 Å². The molecule has 0 heterocycles. The number of hydrogen-bond acceptors (Lipinski definition) is 7. The molecule has 0 radical (unpaired) electrons. The molecule has 0 fully saturated rings. The summed E-state index contributed by atoms with van der Waals surface area (Å²) in [5.74, 6) is 0.217. The summed E-state index contributed by atoms with van der Waals surface area (Å²) in [6.45, 7) is 1.93. The Bertz CT molecular complexity index is 1650. The molecular formula is C34H33N3O6S. The summed E-state index contributed by atoms with van der Waals surface area (Å²) in [5.41, 5.74) is 3.14. The molecule has 4 aromatic rings.